The number of methoxy groups -OCH3 is 3. The van der Waals surface area contributed by atoms with E-state index in [0.29, 0.717) is 25.4 Å². The van der Waals surface area contributed by atoms with Crippen molar-refractivity contribution in [2.45, 2.75) is 20.0 Å². The number of hydrogen-bond donors (Lipinski definition) is 1. The largest absolute Gasteiger partial charge is 0.497 e. The van der Waals surface area contributed by atoms with Crippen LogP contribution in [0.5, 0.6) is 23.0 Å². The summed E-state index contributed by atoms with van der Waals surface area (Å²) in [4.78, 5) is 0. The minimum Gasteiger partial charge on any atom is -0.497 e. The van der Waals surface area contributed by atoms with E-state index in [4.69, 9.17) is 18.9 Å². The molecule has 0 unspecified atom stereocenters. The Morgan fingerprint density at radius 1 is 0.920 bits per heavy atom. The Balaban J connectivity index is 2.08. The van der Waals surface area contributed by atoms with Gasteiger partial charge in [-0.15, -0.1) is 0 Å². The molecule has 0 aliphatic rings. The molecule has 0 saturated heterocycles. The summed E-state index contributed by atoms with van der Waals surface area (Å²) in [6, 6.07) is 9.78. The molecule has 0 saturated carbocycles. The van der Waals surface area contributed by atoms with E-state index < -0.39 is 0 Å². The third kappa shape index (κ3) is 5.03. The molecule has 0 bridgehead atoms. The third-order valence-electron chi connectivity index (χ3n) is 3.71. The summed E-state index contributed by atoms with van der Waals surface area (Å²) in [7, 11) is 4.96. The van der Waals surface area contributed by atoms with Crippen LogP contribution in [0.3, 0.4) is 0 Å². The van der Waals surface area contributed by atoms with Gasteiger partial charge in [-0.3, -0.25) is 0 Å². The fourth-order valence-corrected chi connectivity index (χ4v) is 3.13. The SMILES string of the molecule is CCOc1c(Br)cc(CNCc2cc(OC)ccc2OC)cc1OC. The van der Waals surface area contributed by atoms with Crippen molar-refractivity contribution in [3.05, 3.63) is 45.9 Å². The van der Waals surface area contributed by atoms with Crippen LogP contribution in [0.1, 0.15) is 18.1 Å². The molecular formula is C19H24BrNO4. The van der Waals surface area contributed by atoms with Crippen molar-refractivity contribution in [1.82, 2.24) is 5.32 Å². The smallest absolute Gasteiger partial charge is 0.175 e. The summed E-state index contributed by atoms with van der Waals surface area (Å²) in [5, 5.41) is 3.42. The molecule has 0 fully saturated rings. The number of benzene rings is 2. The molecule has 5 nitrogen and oxygen atoms in total. The van der Waals surface area contributed by atoms with E-state index in [9.17, 15) is 0 Å². The Kier molecular flexibility index (Phi) is 7.40. The zero-order valence-corrected chi connectivity index (χ0v) is 16.6. The predicted molar refractivity (Wildman–Crippen MR) is 102 cm³/mol. The first kappa shape index (κ1) is 19.4. The van der Waals surface area contributed by atoms with Crippen molar-refractivity contribution in [3.8, 4) is 23.0 Å². The van der Waals surface area contributed by atoms with Crippen molar-refractivity contribution in [1.29, 1.82) is 0 Å². The van der Waals surface area contributed by atoms with Crippen molar-refractivity contribution >= 4 is 15.9 Å². The van der Waals surface area contributed by atoms with Gasteiger partial charge in [-0.25, -0.2) is 0 Å². The Labute approximate surface area is 157 Å². The van der Waals surface area contributed by atoms with Gasteiger partial charge in [-0.05, 0) is 58.7 Å². The molecule has 0 amide bonds. The van der Waals surface area contributed by atoms with Crippen molar-refractivity contribution < 1.29 is 18.9 Å². The van der Waals surface area contributed by atoms with Gasteiger partial charge >= 0.3 is 0 Å². The normalized spacial score (nSPS) is 10.4. The fraction of sp³-hybridized carbons (Fsp3) is 0.368. The van der Waals surface area contributed by atoms with Crippen LogP contribution < -0.4 is 24.3 Å². The van der Waals surface area contributed by atoms with E-state index in [1.165, 1.54) is 0 Å². The lowest BCUT2D eigenvalue weighted by Gasteiger charge is -2.14. The van der Waals surface area contributed by atoms with Gasteiger partial charge in [0.2, 0.25) is 0 Å². The van der Waals surface area contributed by atoms with Gasteiger partial charge in [0.15, 0.2) is 11.5 Å². The van der Waals surface area contributed by atoms with Gasteiger partial charge in [0, 0.05) is 18.7 Å². The van der Waals surface area contributed by atoms with Crippen LogP contribution in [0.15, 0.2) is 34.8 Å². The number of nitrogens with one attached hydrogen (secondary N) is 1. The second-order valence-corrected chi connectivity index (χ2v) is 6.18. The van der Waals surface area contributed by atoms with Gasteiger partial charge in [0.1, 0.15) is 11.5 Å². The molecule has 2 aromatic carbocycles. The Bertz CT molecular complexity index is 706. The van der Waals surface area contributed by atoms with Crippen molar-refractivity contribution in [2.24, 2.45) is 0 Å². The summed E-state index contributed by atoms with van der Waals surface area (Å²) >= 11 is 3.55. The van der Waals surface area contributed by atoms with E-state index >= 15 is 0 Å². The molecule has 136 valence electrons. The minimum absolute atomic E-state index is 0.586. The van der Waals surface area contributed by atoms with E-state index in [1.807, 2.05) is 37.3 Å². The molecule has 0 atom stereocenters. The second kappa shape index (κ2) is 9.53. The van der Waals surface area contributed by atoms with Gasteiger partial charge in [0.05, 0.1) is 32.4 Å². The Morgan fingerprint density at radius 2 is 1.68 bits per heavy atom. The minimum atomic E-state index is 0.586. The van der Waals surface area contributed by atoms with E-state index in [2.05, 4.69) is 21.2 Å². The maximum absolute atomic E-state index is 5.62. The molecule has 0 aliphatic heterocycles. The lowest BCUT2D eigenvalue weighted by Crippen LogP contribution is -2.14. The molecular weight excluding hydrogens is 386 g/mol. The highest BCUT2D eigenvalue weighted by atomic mass is 79.9. The third-order valence-corrected chi connectivity index (χ3v) is 4.30. The van der Waals surface area contributed by atoms with E-state index in [0.717, 1.165) is 32.8 Å². The first-order valence-corrected chi connectivity index (χ1v) is 8.83. The van der Waals surface area contributed by atoms with Gasteiger partial charge < -0.3 is 24.3 Å². The van der Waals surface area contributed by atoms with Gasteiger partial charge in [0.25, 0.3) is 0 Å². The predicted octanol–water partition coefficient (Wildman–Crippen LogP) is 4.16. The van der Waals surface area contributed by atoms with Crippen LogP contribution in [0, 0.1) is 0 Å². The molecule has 0 heterocycles. The molecule has 25 heavy (non-hydrogen) atoms. The summed E-state index contributed by atoms with van der Waals surface area (Å²) in [6.07, 6.45) is 0. The molecule has 0 aromatic heterocycles. The van der Waals surface area contributed by atoms with Gasteiger partial charge in [-0.1, -0.05) is 0 Å². The maximum atomic E-state index is 5.62. The number of ether oxygens (including phenoxy) is 4. The van der Waals surface area contributed by atoms with Crippen LogP contribution in [0.2, 0.25) is 0 Å². The molecule has 0 spiro atoms. The number of hydrogen-bond acceptors (Lipinski definition) is 5. The van der Waals surface area contributed by atoms with Crippen LogP contribution in [0.25, 0.3) is 0 Å². The first-order valence-electron chi connectivity index (χ1n) is 8.03. The highest BCUT2D eigenvalue weighted by Gasteiger charge is 2.11. The van der Waals surface area contributed by atoms with Crippen molar-refractivity contribution in [2.75, 3.05) is 27.9 Å². The molecule has 1 N–H and O–H groups in total. The molecule has 6 heteroatoms. The summed E-state index contributed by atoms with van der Waals surface area (Å²) in [5.74, 6) is 3.08. The van der Waals surface area contributed by atoms with Crippen LogP contribution in [0.4, 0.5) is 0 Å². The Morgan fingerprint density at radius 3 is 2.32 bits per heavy atom. The second-order valence-electron chi connectivity index (χ2n) is 5.32. The quantitative estimate of drug-likeness (QED) is 0.673. The maximum Gasteiger partial charge on any atom is 0.175 e. The van der Waals surface area contributed by atoms with Crippen LogP contribution in [-0.2, 0) is 13.1 Å². The molecule has 2 rings (SSSR count). The topological polar surface area (TPSA) is 49.0 Å². The highest BCUT2D eigenvalue weighted by Crippen LogP contribution is 2.36. The average Bonchev–Trinajstić information content (AvgIpc) is 2.63. The monoisotopic (exact) mass is 409 g/mol. The van der Waals surface area contributed by atoms with E-state index in [1.54, 1.807) is 21.3 Å². The number of halogens is 1. The fourth-order valence-electron chi connectivity index (χ4n) is 2.52. The highest BCUT2D eigenvalue weighted by molar-refractivity contribution is 9.10. The van der Waals surface area contributed by atoms with Crippen molar-refractivity contribution in [3.63, 3.8) is 0 Å². The van der Waals surface area contributed by atoms with Crippen LogP contribution >= 0.6 is 15.9 Å². The molecule has 0 aliphatic carbocycles. The van der Waals surface area contributed by atoms with Gasteiger partial charge in [-0.2, -0.15) is 0 Å². The summed E-state index contributed by atoms with van der Waals surface area (Å²) in [6.45, 7) is 3.88. The van der Waals surface area contributed by atoms with Crippen LogP contribution in [-0.4, -0.2) is 27.9 Å². The number of rotatable bonds is 9. The lowest BCUT2D eigenvalue weighted by molar-refractivity contribution is 0.308. The lowest BCUT2D eigenvalue weighted by atomic mass is 10.1. The zero-order valence-electron chi connectivity index (χ0n) is 15.0. The molecule has 2 aromatic rings. The average molecular weight is 410 g/mol. The zero-order chi connectivity index (χ0) is 18.2. The summed E-state index contributed by atoms with van der Waals surface area (Å²) in [5.41, 5.74) is 2.13. The Hall–Kier alpha value is -1.92. The summed E-state index contributed by atoms with van der Waals surface area (Å²) < 4.78 is 22.6. The van der Waals surface area contributed by atoms with E-state index in [-0.39, 0.29) is 0 Å². The first-order chi connectivity index (χ1) is 12.1. The standard InChI is InChI=1S/C19H24BrNO4/c1-5-25-19-16(20)8-13(9-18(19)24-4)11-21-12-14-10-15(22-2)6-7-17(14)23-3/h6-10,21H,5,11-12H2,1-4H3. The molecule has 0 radical (unpaired) electrons.